The van der Waals surface area contributed by atoms with Crippen LogP contribution in [0.15, 0.2) is 0 Å². The number of nitrogens with one attached hydrogen (secondary N) is 1. The smallest absolute Gasteiger partial charge is 0.236 e. The van der Waals surface area contributed by atoms with Crippen molar-refractivity contribution >= 4 is 5.91 Å². The van der Waals surface area contributed by atoms with Crippen LogP contribution in [0.5, 0.6) is 0 Å². The molecule has 0 aliphatic heterocycles. The van der Waals surface area contributed by atoms with Crippen molar-refractivity contribution in [3.05, 3.63) is 0 Å². The molecular formula is C4H10N2O2. The largest absolute Gasteiger partial charge is 0.394 e. The van der Waals surface area contributed by atoms with E-state index in [1.54, 1.807) is 0 Å². The van der Waals surface area contributed by atoms with E-state index in [-0.39, 0.29) is 13.6 Å². The summed E-state index contributed by atoms with van der Waals surface area (Å²) in [6, 6.07) is -0.775. The summed E-state index contributed by atoms with van der Waals surface area (Å²) in [6.07, 6.45) is 0. The molecule has 0 saturated heterocycles. The molecule has 0 rings (SSSR count). The number of aliphatic hydroxyl groups excluding tert-OH is 1. The maximum atomic E-state index is 10.2. The third kappa shape index (κ3) is 1.90. The first-order chi connectivity index (χ1) is 4.22. The van der Waals surface area contributed by atoms with Crippen molar-refractivity contribution in [1.29, 1.82) is 0 Å². The molecule has 0 aliphatic rings. The van der Waals surface area contributed by atoms with Crippen LogP contribution in [0.3, 0.4) is 0 Å². The van der Waals surface area contributed by atoms with E-state index in [2.05, 4.69) is 5.32 Å². The average molecular weight is 119 g/mol. The van der Waals surface area contributed by atoms with Crippen LogP contribution in [-0.2, 0) is 4.79 Å². The Bertz CT molecular complexity index is 98.6. The number of amides is 1. The summed E-state index contributed by atoms with van der Waals surface area (Å²) in [4.78, 5) is 10.2. The fourth-order valence-corrected chi connectivity index (χ4v) is 0.255. The lowest BCUT2D eigenvalue weighted by Crippen LogP contribution is -2.41. The lowest BCUT2D eigenvalue weighted by molar-refractivity contribution is -0.120. The quantitative estimate of drug-likeness (QED) is 0.404. The van der Waals surface area contributed by atoms with Crippen molar-refractivity contribution in [2.45, 2.75) is 6.04 Å². The molecule has 0 bridgehead atoms. The Hall–Kier alpha value is -0.610. The molecule has 0 saturated carbocycles. The van der Waals surface area contributed by atoms with E-state index in [1.807, 2.05) is 0 Å². The molecule has 0 unspecified atom stereocenters. The molecule has 0 radical (unpaired) electrons. The number of rotatable bonds is 3. The fourth-order valence-electron chi connectivity index (χ4n) is 0.255. The van der Waals surface area contributed by atoms with Crippen molar-refractivity contribution in [3.63, 3.8) is 0 Å². The third-order valence-electron chi connectivity index (χ3n) is 0.772. The highest BCUT2D eigenvalue weighted by Crippen LogP contribution is 1.74. The topological polar surface area (TPSA) is 75.3 Å². The molecule has 1 amide bonds. The number of carbonyl (C=O) groups is 1. The minimum atomic E-state index is -0.775. The van der Waals surface area contributed by atoms with Gasteiger partial charge < -0.3 is 16.2 Å². The molecule has 4 nitrogen and oxygen atoms in total. The van der Waals surface area contributed by atoms with Crippen molar-refractivity contribution in [1.82, 2.24) is 5.32 Å². The van der Waals surface area contributed by atoms with Gasteiger partial charge >= 0.3 is 0 Å². The zero-order valence-electron chi connectivity index (χ0n) is 5.42. The molecule has 0 aromatic heterocycles. The van der Waals surface area contributed by atoms with Gasteiger partial charge in [0.05, 0.1) is 6.61 Å². The van der Waals surface area contributed by atoms with Crippen molar-refractivity contribution in [2.75, 3.05) is 13.6 Å². The number of hydrogen-bond acceptors (Lipinski definition) is 3. The average Bonchev–Trinajstić information content (AvgIpc) is 1.82. The molecule has 0 aromatic rings. The van der Waals surface area contributed by atoms with E-state index in [4.69, 9.17) is 12.2 Å². The van der Waals surface area contributed by atoms with Gasteiger partial charge in [-0.1, -0.05) is 0 Å². The summed E-state index contributed by atoms with van der Waals surface area (Å²) in [5, 5.41) is 10.8. The second-order valence-corrected chi connectivity index (χ2v) is 1.34. The fraction of sp³-hybridized carbons (Fsp3) is 0.750. The summed E-state index contributed by atoms with van der Waals surface area (Å²) in [7, 11) is -0.117. The number of carbonyl (C=O) groups excluding carboxylic acids is 1. The zero-order valence-corrected chi connectivity index (χ0v) is 4.42. The number of primary amides is 1. The molecule has 0 heterocycles. The molecule has 0 fully saturated rings. The van der Waals surface area contributed by atoms with Gasteiger partial charge in [0, 0.05) is 1.37 Å². The van der Waals surface area contributed by atoms with Crippen molar-refractivity contribution in [3.8, 4) is 0 Å². The van der Waals surface area contributed by atoms with Gasteiger partial charge in [-0.2, -0.15) is 0 Å². The normalized spacial score (nSPS) is 14.9. The Morgan fingerprint density at radius 1 is 2.25 bits per heavy atom. The maximum Gasteiger partial charge on any atom is 0.236 e. The van der Waals surface area contributed by atoms with Gasteiger partial charge in [-0.15, -0.1) is 0 Å². The SMILES string of the molecule is [2H]CN[C@@H](CO)C(N)=O. The van der Waals surface area contributed by atoms with Gasteiger partial charge in [-0.25, -0.2) is 0 Å². The van der Waals surface area contributed by atoms with E-state index < -0.39 is 11.9 Å². The lowest BCUT2D eigenvalue weighted by atomic mass is 10.3. The highest BCUT2D eigenvalue weighted by atomic mass is 16.3. The van der Waals surface area contributed by atoms with Crippen LogP contribution >= 0.6 is 0 Å². The van der Waals surface area contributed by atoms with Gasteiger partial charge in [0.15, 0.2) is 0 Å². The van der Waals surface area contributed by atoms with E-state index in [0.717, 1.165) is 0 Å². The number of nitrogens with two attached hydrogens (primary N) is 1. The summed E-state index contributed by atoms with van der Waals surface area (Å²) < 4.78 is 6.60. The number of hydrogen-bond donors (Lipinski definition) is 3. The second-order valence-electron chi connectivity index (χ2n) is 1.34. The molecule has 8 heavy (non-hydrogen) atoms. The summed E-state index contributed by atoms with van der Waals surface area (Å²) in [5.74, 6) is -0.634. The maximum absolute atomic E-state index is 10.2. The monoisotopic (exact) mass is 119 g/mol. The van der Waals surface area contributed by atoms with Crippen molar-refractivity contribution in [2.24, 2.45) is 5.73 Å². The molecule has 48 valence electrons. The molecule has 0 aromatic carbocycles. The highest BCUT2D eigenvalue weighted by Gasteiger charge is 2.08. The van der Waals surface area contributed by atoms with Gasteiger partial charge in [0.1, 0.15) is 6.04 Å². The minimum absolute atomic E-state index is 0.117. The highest BCUT2D eigenvalue weighted by molar-refractivity contribution is 5.79. The predicted molar refractivity (Wildman–Crippen MR) is 29.1 cm³/mol. The van der Waals surface area contributed by atoms with Crippen LogP contribution < -0.4 is 11.1 Å². The summed E-state index contributed by atoms with van der Waals surface area (Å²) in [6.45, 7) is -0.353. The first-order valence-electron chi connectivity index (χ1n) is 2.86. The van der Waals surface area contributed by atoms with Crippen molar-refractivity contribution < 1.29 is 11.3 Å². The zero-order chi connectivity index (χ0) is 7.28. The lowest BCUT2D eigenvalue weighted by Gasteiger charge is -2.05. The van der Waals surface area contributed by atoms with Crippen LogP contribution in [0.4, 0.5) is 0 Å². The van der Waals surface area contributed by atoms with Crippen LogP contribution in [0.2, 0.25) is 0 Å². The van der Waals surface area contributed by atoms with Gasteiger partial charge in [-0.3, -0.25) is 4.79 Å². The Morgan fingerprint density at radius 3 is 3.00 bits per heavy atom. The number of aliphatic hydroxyl groups is 1. The molecular weight excluding hydrogens is 108 g/mol. The number of likely N-dealkylation sites (N-methyl/N-ethyl adjacent to an activating group) is 1. The summed E-state index contributed by atoms with van der Waals surface area (Å²) >= 11 is 0. The molecule has 0 spiro atoms. The minimum Gasteiger partial charge on any atom is -0.394 e. The summed E-state index contributed by atoms with van der Waals surface area (Å²) in [5.41, 5.74) is 4.79. The van der Waals surface area contributed by atoms with Gasteiger partial charge in [-0.05, 0) is 7.02 Å². The Labute approximate surface area is 49.1 Å². The first-order valence-corrected chi connectivity index (χ1v) is 2.15. The Kier molecular flexibility index (Phi) is 2.35. The van der Waals surface area contributed by atoms with E-state index in [1.165, 1.54) is 0 Å². The molecule has 4 N–H and O–H groups in total. The van der Waals surface area contributed by atoms with Crippen LogP contribution in [0.25, 0.3) is 0 Å². The standard InChI is InChI=1S/C4H10N2O2/c1-6-3(2-7)4(5)8/h3,6-7H,2H2,1H3,(H2,5,8)/t3-/m0/s1/i1D. The van der Waals surface area contributed by atoms with Crippen LogP contribution in [-0.4, -0.2) is 30.7 Å². The van der Waals surface area contributed by atoms with Gasteiger partial charge in [0.2, 0.25) is 5.91 Å². The second kappa shape index (κ2) is 3.40. The first kappa shape index (κ1) is 5.53. The Balaban J connectivity index is 3.54. The predicted octanol–water partition coefficient (Wildman–Crippen LogP) is -1.95. The van der Waals surface area contributed by atoms with E-state index in [0.29, 0.717) is 0 Å². The molecule has 1 atom stereocenters. The third-order valence-corrected chi connectivity index (χ3v) is 0.772. The van der Waals surface area contributed by atoms with E-state index >= 15 is 0 Å². The van der Waals surface area contributed by atoms with Gasteiger partial charge in [0.25, 0.3) is 0 Å². The molecule has 0 aliphatic carbocycles. The molecule has 4 heteroatoms. The van der Waals surface area contributed by atoms with E-state index in [9.17, 15) is 4.79 Å². The van der Waals surface area contributed by atoms with Crippen LogP contribution in [0.1, 0.15) is 1.37 Å². The Morgan fingerprint density at radius 2 is 2.88 bits per heavy atom. The van der Waals surface area contributed by atoms with Crippen LogP contribution in [0, 0.1) is 0 Å².